The van der Waals surface area contributed by atoms with E-state index in [1.165, 1.54) is 11.3 Å². The van der Waals surface area contributed by atoms with Crippen LogP contribution in [0.4, 0.5) is 0 Å². The minimum Gasteiger partial charge on any atom is -0.285 e. The van der Waals surface area contributed by atoms with Gasteiger partial charge in [0, 0.05) is 29.1 Å². The van der Waals surface area contributed by atoms with Gasteiger partial charge in [-0.2, -0.15) is 10.2 Å². The summed E-state index contributed by atoms with van der Waals surface area (Å²) in [6.45, 7) is 8.41. The Balaban J connectivity index is 2.58. The normalized spacial score (nSPS) is 11.3. The quantitative estimate of drug-likeness (QED) is 0.816. The van der Waals surface area contributed by atoms with E-state index in [2.05, 4.69) is 40.7 Å². The van der Waals surface area contributed by atoms with Crippen LogP contribution in [-0.2, 0) is 0 Å². The van der Waals surface area contributed by atoms with E-state index >= 15 is 0 Å². The zero-order chi connectivity index (χ0) is 11.0. The summed E-state index contributed by atoms with van der Waals surface area (Å²) in [4.78, 5) is 0. The Hall–Kier alpha value is -1.58. The fourth-order valence-electron chi connectivity index (χ4n) is 1.97. The molecule has 1 N–H and O–H groups in total. The van der Waals surface area contributed by atoms with Crippen LogP contribution < -0.4 is 0 Å². The SMILES string of the molecule is Cc1nn(C(C)C)c(C)c1-c1cn[nH]c1. The number of nitrogens with zero attached hydrogens (tertiary/aromatic N) is 3. The molecular weight excluding hydrogens is 188 g/mol. The monoisotopic (exact) mass is 204 g/mol. The third-order valence-corrected chi connectivity index (χ3v) is 2.60. The van der Waals surface area contributed by atoms with Gasteiger partial charge in [-0.3, -0.25) is 9.78 Å². The van der Waals surface area contributed by atoms with Crippen LogP contribution in [0.25, 0.3) is 11.1 Å². The summed E-state index contributed by atoms with van der Waals surface area (Å²) in [6, 6.07) is 0.393. The minimum atomic E-state index is 0.393. The highest BCUT2D eigenvalue weighted by Crippen LogP contribution is 2.27. The fraction of sp³-hybridized carbons (Fsp3) is 0.455. The van der Waals surface area contributed by atoms with Crippen LogP contribution in [0.3, 0.4) is 0 Å². The molecule has 2 heterocycles. The molecule has 0 atom stereocenters. The summed E-state index contributed by atoms with van der Waals surface area (Å²) >= 11 is 0. The van der Waals surface area contributed by atoms with Gasteiger partial charge in [-0.15, -0.1) is 0 Å². The predicted molar refractivity (Wildman–Crippen MR) is 59.7 cm³/mol. The van der Waals surface area contributed by atoms with Crippen molar-refractivity contribution in [2.75, 3.05) is 0 Å². The van der Waals surface area contributed by atoms with Gasteiger partial charge < -0.3 is 0 Å². The molecule has 0 saturated carbocycles. The Morgan fingerprint density at radius 2 is 2.07 bits per heavy atom. The van der Waals surface area contributed by atoms with E-state index in [4.69, 9.17) is 0 Å². The summed E-state index contributed by atoms with van der Waals surface area (Å²) < 4.78 is 2.05. The van der Waals surface area contributed by atoms with Crippen molar-refractivity contribution in [3.05, 3.63) is 23.8 Å². The van der Waals surface area contributed by atoms with E-state index in [0.717, 1.165) is 11.3 Å². The highest BCUT2D eigenvalue weighted by Gasteiger charge is 2.15. The number of nitrogens with one attached hydrogen (secondary N) is 1. The van der Waals surface area contributed by atoms with Gasteiger partial charge in [0.1, 0.15) is 0 Å². The van der Waals surface area contributed by atoms with Crippen LogP contribution in [-0.4, -0.2) is 20.0 Å². The molecule has 0 aliphatic carbocycles. The molecule has 80 valence electrons. The lowest BCUT2D eigenvalue weighted by molar-refractivity contribution is 0.516. The molecule has 4 nitrogen and oxygen atoms in total. The second-order valence-corrected chi connectivity index (χ2v) is 4.07. The second-order valence-electron chi connectivity index (χ2n) is 4.07. The zero-order valence-electron chi connectivity index (χ0n) is 9.57. The van der Waals surface area contributed by atoms with E-state index in [1.807, 2.05) is 19.3 Å². The summed E-state index contributed by atoms with van der Waals surface area (Å²) in [6.07, 6.45) is 3.74. The average Bonchev–Trinajstić information content (AvgIpc) is 2.73. The summed E-state index contributed by atoms with van der Waals surface area (Å²) in [5, 5.41) is 11.3. The molecular formula is C11H16N4. The van der Waals surface area contributed by atoms with E-state index < -0.39 is 0 Å². The smallest absolute Gasteiger partial charge is 0.0676 e. The first-order valence-electron chi connectivity index (χ1n) is 5.16. The Labute approximate surface area is 89.3 Å². The van der Waals surface area contributed by atoms with E-state index in [-0.39, 0.29) is 0 Å². The average molecular weight is 204 g/mol. The van der Waals surface area contributed by atoms with E-state index in [9.17, 15) is 0 Å². The Morgan fingerprint density at radius 1 is 1.33 bits per heavy atom. The molecule has 0 saturated heterocycles. The van der Waals surface area contributed by atoms with Crippen molar-refractivity contribution in [2.24, 2.45) is 0 Å². The van der Waals surface area contributed by atoms with Crippen LogP contribution in [0.5, 0.6) is 0 Å². The van der Waals surface area contributed by atoms with E-state index in [0.29, 0.717) is 6.04 Å². The number of hydrogen-bond acceptors (Lipinski definition) is 2. The molecule has 15 heavy (non-hydrogen) atoms. The van der Waals surface area contributed by atoms with Gasteiger partial charge in [-0.25, -0.2) is 0 Å². The Kier molecular flexibility index (Phi) is 2.34. The largest absolute Gasteiger partial charge is 0.285 e. The summed E-state index contributed by atoms with van der Waals surface area (Å²) in [5.74, 6) is 0. The number of aromatic amines is 1. The van der Waals surface area contributed by atoms with Crippen LogP contribution in [0, 0.1) is 13.8 Å². The van der Waals surface area contributed by atoms with Crippen molar-refractivity contribution in [1.29, 1.82) is 0 Å². The van der Waals surface area contributed by atoms with Crippen LogP contribution in [0.1, 0.15) is 31.3 Å². The molecule has 2 aromatic heterocycles. The second kappa shape index (κ2) is 3.53. The number of H-pyrrole nitrogens is 1. The molecule has 0 radical (unpaired) electrons. The topological polar surface area (TPSA) is 46.5 Å². The van der Waals surface area contributed by atoms with Gasteiger partial charge in [-0.05, 0) is 27.7 Å². The van der Waals surface area contributed by atoms with Gasteiger partial charge in [0.15, 0.2) is 0 Å². The molecule has 0 spiro atoms. The van der Waals surface area contributed by atoms with Gasteiger partial charge in [0.2, 0.25) is 0 Å². The molecule has 0 aliphatic rings. The van der Waals surface area contributed by atoms with Crippen molar-refractivity contribution in [2.45, 2.75) is 33.7 Å². The first kappa shape index (κ1) is 9.96. The number of aryl methyl sites for hydroxylation is 1. The Bertz CT molecular complexity index is 451. The van der Waals surface area contributed by atoms with Gasteiger partial charge in [-0.1, -0.05) is 0 Å². The lowest BCUT2D eigenvalue weighted by Gasteiger charge is -2.07. The van der Waals surface area contributed by atoms with Crippen molar-refractivity contribution in [1.82, 2.24) is 20.0 Å². The van der Waals surface area contributed by atoms with Gasteiger partial charge >= 0.3 is 0 Å². The highest BCUT2D eigenvalue weighted by atomic mass is 15.3. The minimum absolute atomic E-state index is 0.393. The fourth-order valence-corrected chi connectivity index (χ4v) is 1.97. The lowest BCUT2D eigenvalue weighted by Crippen LogP contribution is -2.04. The van der Waals surface area contributed by atoms with Crippen LogP contribution in [0.2, 0.25) is 0 Å². The molecule has 2 aromatic rings. The van der Waals surface area contributed by atoms with Crippen molar-refractivity contribution in [3.63, 3.8) is 0 Å². The first-order chi connectivity index (χ1) is 7.11. The summed E-state index contributed by atoms with van der Waals surface area (Å²) in [7, 11) is 0. The van der Waals surface area contributed by atoms with E-state index in [1.54, 1.807) is 0 Å². The third kappa shape index (κ3) is 1.56. The molecule has 0 amide bonds. The number of rotatable bonds is 2. The Morgan fingerprint density at radius 3 is 2.53 bits per heavy atom. The van der Waals surface area contributed by atoms with Crippen molar-refractivity contribution in [3.8, 4) is 11.1 Å². The standard InChI is InChI=1S/C11H16N4/c1-7(2)15-9(4)11(8(3)14-15)10-5-12-13-6-10/h5-7H,1-4H3,(H,12,13). The zero-order valence-corrected chi connectivity index (χ0v) is 9.57. The predicted octanol–water partition coefficient (Wildman–Crippen LogP) is 2.47. The first-order valence-corrected chi connectivity index (χ1v) is 5.16. The molecule has 2 rings (SSSR count). The van der Waals surface area contributed by atoms with Gasteiger partial charge in [0.05, 0.1) is 11.9 Å². The molecule has 0 fully saturated rings. The highest BCUT2D eigenvalue weighted by molar-refractivity contribution is 5.66. The number of aromatic nitrogens is 4. The van der Waals surface area contributed by atoms with Crippen LogP contribution in [0.15, 0.2) is 12.4 Å². The van der Waals surface area contributed by atoms with Crippen LogP contribution >= 0.6 is 0 Å². The molecule has 0 unspecified atom stereocenters. The maximum absolute atomic E-state index is 4.54. The third-order valence-electron chi connectivity index (χ3n) is 2.60. The molecule has 4 heteroatoms. The summed E-state index contributed by atoms with van der Waals surface area (Å²) in [5.41, 5.74) is 4.56. The molecule has 0 aromatic carbocycles. The maximum atomic E-state index is 4.54. The lowest BCUT2D eigenvalue weighted by atomic mass is 10.1. The molecule has 0 bridgehead atoms. The maximum Gasteiger partial charge on any atom is 0.0676 e. The molecule has 0 aliphatic heterocycles. The van der Waals surface area contributed by atoms with Crippen molar-refractivity contribution >= 4 is 0 Å². The number of hydrogen-bond donors (Lipinski definition) is 1. The van der Waals surface area contributed by atoms with Gasteiger partial charge in [0.25, 0.3) is 0 Å². The van der Waals surface area contributed by atoms with Crippen molar-refractivity contribution < 1.29 is 0 Å².